The number of rotatable bonds is 3. The smallest absolute Gasteiger partial charge is 0.257 e. The summed E-state index contributed by atoms with van der Waals surface area (Å²) in [6.07, 6.45) is 0. The molecule has 0 aliphatic rings. The van der Waals surface area contributed by atoms with Crippen molar-refractivity contribution in [3.63, 3.8) is 0 Å². The van der Waals surface area contributed by atoms with E-state index in [1.54, 1.807) is 31.4 Å². The zero-order valence-corrected chi connectivity index (χ0v) is 16.8. The number of carbonyl (C=O) groups is 1. The van der Waals surface area contributed by atoms with Crippen molar-refractivity contribution in [2.24, 2.45) is 0 Å². The molecule has 0 aliphatic carbocycles. The van der Waals surface area contributed by atoms with E-state index in [2.05, 4.69) is 31.5 Å². The van der Waals surface area contributed by atoms with Crippen LogP contribution in [0.3, 0.4) is 0 Å². The average Bonchev–Trinajstić information content (AvgIpc) is 2.98. The number of thiocarbonyl (C=S) groups is 1. The number of thiazole rings is 1. The predicted octanol–water partition coefficient (Wildman–Crippen LogP) is 4.85. The Labute approximate surface area is 166 Å². The first-order valence-corrected chi connectivity index (χ1v) is 9.38. The fourth-order valence-electron chi connectivity index (χ4n) is 2.08. The van der Waals surface area contributed by atoms with Crippen LogP contribution in [0.2, 0.25) is 5.02 Å². The molecule has 3 rings (SSSR count). The van der Waals surface area contributed by atoms with Gasteiger partial charge in [-0.05, 0) is 58.5 Å². The van der Waals surface area contributed by atoms with Gasteiger partial charge in [-0.2, -0.15) is 0 Å². The number of halogens is 2. The largest absolute Gasteiger partial charge is 0.496 e. The van der Waals surface area contributed by atoms with Crippen LogP contribution in [0.25, 0.3) is 10.2 Å². The third-order valence-corrected chi connectivity index (χ3v) is 5.30. The van der Waals surface area contributed by atoms with Gasteiger partial charge in [-0.1, -0.05) is 29.0 Å². The number of nitrogens with zero attached hydrogens (tertiary/aromatic N) is 1. The number of fused-ring (bicyclic) bond motifs is 1. The Morgan fingerprint density at radius 3 is 2.84 bits per heavy atom. The highest BCUT2D eigenvalue weighted by molar-refractivity contribution is 9.10. The highest BCUT2D eigenvalue weighted by Crippen LogP contribution is 2.30. The van der Waals surface area contributed by atoms with Gasteiger partial charge >= 0.3 is 0 Å². The zero-order valence-electron chi connectivity index (χ0n) is 12.8. The van der Waals surface area contributed by atoms with Gasteiger partial charge in [0.1, 0.15) is 11.3 Å². The molecule has 5 nitrogen and oxygen atoms in total. The number of anilines is 1. The fourth-order valence-corrected chi connectivity index (χ4v) is 4.04. The SMILES string of the molecule is COc1ccc(C(=O)NC(=S)Nc2nc3c(Cl)cccc3s2)cc1Br. The minimum atomic E-state index is -0.333. The van der Waals surface area contributed by atoms with Crippen LogP contribution in [0.1, 0.15) is 10.4 Å². The first kappa shape index (κ1) is 18.1. The van der Waals surface area contributed by atoms with Gasteiger partial charge in [0.25, 0.3) is 5.91 Å². The Morgan fingerprint density at radius 2 is 2.16 bits per heavy atom. The molecule has 2 N–H and O–H groups in total. The van der Waals surface area contributed by atoms with E-state index < -0.39 is 0 Å². The third-order valence-electron chi connectivity index (χ3n) is 3.23. The Morgan fingerprint density at radius 1 is 1.36 bits per heavy atom. The lowest BCUT2D eigenvalue weighted by Gasteiger charge is -2.09. The molecule has 128 valence electrons. The van der Waals surface area contributed by atoms with E-state index in [-0.39, 0.29) is 11.0 Å². The van der Waals surface area contributed by atoms with Crippen LogP contribution in [0.4, 0.5) is 5.13 Å². The first-order valence-electron chi connectivity index (χ1n) is 6.99. The standard InChI is InChI=1S/C16H11BrClN3O2S2/c1-23-11-6-5-8(7-9(11)17)14(22)20-15(24)21-16-19-13-10(18)3-2-4-12(13)25-16/h2-7H,1H3,(H2,19,20,21,22,24). The summed E-state index contributed by atoms with van der Waals surface area (Å²) in [7, 11) is 1.56. The number of hydrogen-bond acceptors (Lipinski definition) is 5. The summed E-state index contributed by atoms with van der Waals surface area (Å²) in [6, 6.07) is 10.6. The number of benzene rings is 2. The van der Waals surface area contributed by atoms with E-state index in [9.17, 15) is 4.79 Å². The highest BCUT2D eigenvalue weighted by atomic mass is 79.9. The van der Waals surface area contributed by atoms with Crippen LogP contribution >= 0.6 is 51.1 Å². The van der Waals surface area contributed by atoms with Gasteiger partial charge in [0.2, 0.25) is 0 Å². The van der Waals surface area contributed by atoms with Crippen LogP contribution < -0.4 is 15.4 Å². The maximum atomic E-state index is 12.3. The van der Waals surface area contributed by atoms with Gasteiger partial charge in [0.15, 0.2) is 10.2 Å². The number of para-hydroxylation sites is 1. The molecule has 1 heterocycles. The van der Waals surface area contributed by atoms with Crippen molar-refractivity contribution in [2.45, 2.75) is 0 Å². The summed E-state index contributed by atoms with van der Waals surface area (Å²) in [4.78, 5) is 16.7. The van der Waals surface area contributed by atoms with Crippen LogP contribution in [-0.4, -0.2) is 23.1 Å². The molecule has 0 atom stereocenters. The van der Waals surface area contributed by atoms with Crippen molar-refractivity contribution >= 4 is 77.5 Å². The lowest BCUT2D eigenvalue weighted by molar-refractivity contribution is 0.0977. The summed E-state index contributed by atoms with van der Waals surface area (Å²) in [5.41, 5.74) is 1.15. The summed E-state index contributed by atoms with van der Waals surface area (Å²) in [5.74, 6) is 0.309. The van der Waals surface area contributed by atoms with Gasteiger partial charge in [-0.15, -0.1) is 0 Å². The predicted molar refractivity (Wildman–Crippen MR) is 109 cm³/mol. The van der Waals surface area contributed by atoms with E-state index in [4.69, 9.17) is 28.6 Å². The molecule has 0 radical (unpaired) electrons. The second kappa shape index (κ2) is 7.65. The number of carbonyl (C=O) groups excluding carboxylic acids is 1. The van der Waals surface area contributed by atoms with Crippen molar-refractivity contribution in [1.82, 2.24) is 10.3 Å². The number of amides is 1. The molecule has 25 heavy (non-hydrogen) atoms. The number of nitrogens with one attached hydrogen (secondary N) is 2. The summed E-state index contributed by atoms with van der Waals surface area (Å²) < 4.78 is 6.76. The van der Waals surface area contributed by atoms with Gasteiger partial charge in [-0.25, -0.2) is 4.98 Å². The van der Waals surface area contributed by atoms with E-state index in [1.165, 1.54) is 11.3 Å². The number of methoxy groups -OCH3 is 1. The van der Waals surface area contributed by atoms with Gasteiger partial charge in [0, 0.05) is 5.56 Å². The quantitative estimate of drug-likeness (QED) is 0.552. The second-order valence-electron chi connectivity index (χ2n) is 4.86. The maximum absolute atomic E-state index is 12.3. The third kappa shape index (κ3) is 4.09. The number of aromatic nitrogens is 1. The molecule has 3 aromatic rings. The molecule has 1 amide bonds. The van der Waals surface area contributed by atoms with Crippen molar-refractivity contribution < 1.29 is 9.53 Å². The molecule has 0 saturated carbocycles. The topological polar surface area (TPSA) is 63.2 Å². The van der Waals surface area contributed by atoms with Gasteiger partial charge in [-0.3, -0.25) is 10.1 Å². The molecule has 0 unspecified atom stereocenters. The average molecular weight is 457 g/mol. The summed E-state index contributed by atoms with van der Waals surface area (Å²) in [5, 5.41) is 6.82. The molecule has 1 aromatic heterocycles. The molecule has 9 heteroatoms. The fraction of sp³-hybridized carbons (Fsp3) is 0.0625. The van der Waals surface area contributed by atoms with E-state index in [0.29, 0.717) is 31.5 Å². The Hall–Kier alpha value is -1.74. The van der Waals surface area contributed by atoms with Crippen molar-refractivity contribution in [2.75, 3.05) is 12.4 Å². The van der Waals surface area contributed by atoms with Crippen molar-refractivity contribution in [3.05, 3.63) is 51.5 Å². The maximum Gasteiger partial charge on any atom is 0.257 e. The van der Waals surface area contributed by atoms with Crippen LogP contribution in [-0.2, 0) is 0 Å². The normalized spacial score (nSPS) is 10.5. The monoisotopic (exact) mass is 455 g/mol. The van der Waals surface area contributed by atoms with E-state index >= 15 is 0 Å². The minimum Gasteiger partial charge on any atom is -0.496 e. The molecular formula is C16H11BrClN3O2S2. The van der Waals surface area contributed by atoms with Gasteiger partial charge in [0.05, 0.1) is 21.3 Å². The molecule has 0 bridgehead atoms. The first-order chi connectivity index (χ1) is 12.0. The molecule has 0 saturated heterocycles. The number of ether oxygens (including phenoxy) is 1. The van der Waals surface area contributed by atoms with Gasteiger partial charge < -0.3 is 10.1 Å². The summed E-state index contributed by atoms with van der Waals surface area (Å²) in [6.45, 7) is 0. The van der Waals surface area contributed by atoms with Crippen molar-refractivity contribution in [3.8, 4) is 5.75 Å². The van der Waals surface area contributed by atoms with E-state index in [1.807, 2.05) is 12.1 Å². The lowest BCUT2D eigenvalue weighted by atomic mass is 10.2. The van der Waals surface area contributed by atoms with Crippen LogP contribution in [0.5, 0.6) is 5.75 Å². The molecule has 0 fully saturated rings. The lowest BCUT2D eigenvalue weighted by Crippen LogP contribution is -2.34. The minimum absolute atomic E-state index is 0.159. The van der Waals surface area contributed by atoms with E-state index in [0.717, 1.165) is 4.70 Å². The second-order valence-corrected chi connectivity index (χ2v) is 7.56. The Kier molecular flexibility index (Phi) is 5.53. The van der Waals surface area contributed by atoms with Crippen LogP contribution in [0, 0.1) is 0 Å². The summed E-state index contributed by atoms with van der Waals surface area (Å²) >= 11 is 16.0. The molecular weight excluding hydrogens is 446 g/mol. The molecule has 2 aromatic carbocycles. The van der Waals surface area contributed by atoms with Crippen molar-refractivity contribution in [1.29, 1.82) is 0 Å². The highest BCUT2D eigenvalue weighted by Gasteiger charge is 2.12. The van der Waals surface area contributed by atoms with Crippen LogP contribution in [0.15, 0.2) is 40.9 Å². The molecule has 0 aliphatic heterocycles. The Balaban J connectivity index is 1.70. The zero-order chi connectivity index (χ0) is 18.0. The number of hydrogen-bond donors (Lipinski definition) is 2. The Bertz CT molecular complexity index is 977. The molecule has 0 spiro atoms.